The molecule has 0 bridgehead atoms. The maximum absolute atomic E-state index is 12.8. The third kappa shape index (κ3) is 5.92. The van der Waals surface area contributed by atoms with E-state index in [9.17, 15) is 9.59 Å². The minimum Gasteiger partial charge on any atom is -0.484 e. The number of amides is 2. The molecule has 1 aliphatic rings. The van der Waals surface area contributed by atoms with Gasteiger partial charge in [-0.15, -0.1) is 0 Å². The van der Waals surface area contributed by atoms with Crippen LogP contribution in [0.4, 0.5) is 11.4 Å². The molecule has 1 fully saturated rings. The minimum absolute atomic E-state index is 0.0388. The highest BCUT2D eigenvalue weighted by Gasteiger charge is 2.22. The van der Waals surface area contributed by atoms with Gasteiger partial charge < -0.3 is 19.9 Å². The third-order valence-corrected chi connectivity index (χ3v) is 5.81. The highest BCUT2D eigenvalue weighted by atomic mass is 16.5. The van der Waals surface area contributed by atoms with Gasteiger partial charge in [0.25, 0.3) is 11.8 Å². The number of carbonyl (C=O) groups excluding carboxylic acids is 2. The lowest BCUT2D eigenvalue weighted by atomic mass is 10.1. The number of nitrogens with zero attached hydrogens (tertiary/aromatic N) is 2. The zero-order valence-electron chi connectivity index (χ0n) is 18.9. The van der Waals surface area contributed by atoms with E-state index in [1.807, 2.05) is 83.8 Å². The van der Waals surface area contributed by atoms with Crippen LogP contribution in [0.5, 0.6) is 5.75 Å². The SMILES string of the molecule is CCc1ccc(C(=O)N2CCN(c3ccc(NC(=O)COc4ccccc4)cc3)CC2)cc1. The fourth-order valence-electron chi connectivity index (χ4n) is 3.85. The van der Waals surface area contributed by atoms with Crippen molar-refractivity contribution in [3.63, 3.8) is 0 Å². The lowest BCUT2D eigenvalue weighted by Gasteiger charge is -2.36. The number of hydrogen-bond donors (Lipinski definition) is 1. The van der Waals surface area contributed by atoms with E-state index in [-0.39, 0.29) is 18.4 Å². The summed E-state index contributed by atoms with van der Waals surface area (Å²) in [5, 5.41) is 2.86. The van der Waals surface area contributed by atoms with Crippen LogP contribution in [0.25, 0.3) is 0 Å². The number of hydrogen-bond acceptors (Lipinski definition) is 4. The van der Waals surface area contributed by atoms with Crippen LogP contribution >= 0.6 is 0 Å². The number of piperazine rings is 1. The van der Waals surface area contributed by atoms with Crippen LogP contribution < -0.4 is 15.0 Å². The number of nitrogens with one attached hydrogen (secondary N) is 1. The standard InChI is InChI=1S/C27H29N3O3/c1-2-21-8-10-22(11-9-21)27(32)30-18-16-29(17-19-30)24-14-12-23(13-15-24)28-26(31)20-33-25-6-4-3-5-7-25/h3-15H,2,16-20H2,1H3,(H,28,31). The molecule has 170 valence electrons. The van der Waals surface area contributed by atoms with Crippen LogP contribution in [0.1, 0.15) is 22.8 Å². The quantitative estimate of drug-likeness (QED) is 0.594. The summed E-state index contributed by atoms with van der Waals surface area (Å²) in [5.74, 6) is 0.553. The van der Waals surface area contributed by atoms with Gasteiger partial charge in [0, 0.05) is 43.1 Å². The van der Waals surface area contributed by atoms with Crippen molar-refractivity contribution in [2.45, 2.75) is 13.3 Å². The van der Waals surface area contributed by atoms with E-state index < -0.39 is 0 Å². The first-order valence-electron chi connectivity index (χ1n) is 11.3. The molecule has 6 nitrogen and oxygen atoms in total. The molecule has 0 spiro atoms. The van der Waals surface area contributed by atoms with Gasteiger partial charge >= 0.3 is 0 Å². The van der Waals surface area contributed by atoms with Gasteiger partial charge in [-0.25, -0.2) is 0 Å². The summed E-state index contributed by atoms with van der Waals surface area (Å²) in [6, 6.07) is 24.9. The van der Waals surface area contributed by atoms with Crippen LogP contribution in [0.2, 0.25) is 0 Å². The van der Waals surface area contributed by atoms with Crippen molar-refractivity contribution in [2.24, 2.45) is 0 Å². The van der Waals surface area contributed by atoms with Gasteiger partial charge in [0.15, 0.2) is 6.61 Å². The second-order valence-corrected chi connectivity index (χ2v) is 8.03. The number of aryl methyl sites for hydroxylation is 1. The van der Waals surface area contributed by atoms with Gasteiger partial charge in [0.05, 0.1) is 0 Å². The van der Waals surface area contributed by atoms with E-state index in [1.54, 1.807) is 0 Å². The Labute approximate surface area is 194 Å². The summed E-state index contributed by atoms with van der Waals surface area (Å²) in [7, 11) is 0. The minimum atomic E-state index is -0.203. The molecule has 1 saturated heterocycles. The molecule has 4 rings (SSSR count). The van der Waals surface area contributed by atoms with E-state index in [4.69, 9.17) is 4.74 Å². The Kier molecular flexibility index (Phi) is 7.25. The van der Waals surface area contributed by atoms with Gasteiger partial charge in [-0.05, 0) is 60.5 Å². The maximum Gasteiger partial charge on any atom is 0.262 e. The largest absolute Gasteiger partial charge is 0.484 e. The number of carbonyl (C=O) groups is 2. The monoisotopic (exact) mass is 443 g/mol. The predicted molar refractivity (Wildman–Crippen MR) is 131 cm³/mol. The first-order chi connectivity index (χ1) is 16.1. The Morgan fingerprint density at radius 3 is 2.15 bits per heavy atom. The normalized spacial score (nSPS) is 13.5. The number of benzene rings is 3. The Hall–Kier alpha value is -3.80. The van der Waals surface area contributed by atoms with Crippen LogP contribution in [-0.2, 0) is 11.2 Å². The fraction of sp³-hybridized carbons (Fsp3) is 0.259. The molecule has 3 aromatic rings. The second kappa shape index (κ2) is 10.7. The van der Waals surface area contributed by atoms with E-state index in [1.165, 1.54) is 5.56 Å². The van der Waals surface area contributed by atoms with Crippen molar-refractivity contribution in [1.82, 2.24) is 4.90 Å². The molecule has 1 N–H and O–H groups in total. The van der Waals surface area contributed by atoms with Crippen molar-refractivity contribution < 1.29 is 14.3 Å². The highest BCUT2D eigenvalue weighted by Crippen LogP contribution is 2.20. The molecule has 2 amide bonds. The van der Waals surface area contributed by atoms with Crippen molar-refractivity contribution in [3.05, 3.63) is 90.0 Å². The highest BCUT2D eigenvalue weighted by molar-refractivity contribution is 5.94. The molecule has 0 aromatic heterocycles. The van der Waals surface area contributed by atoms with Gasteiger partial charge in [-0.3, -0.25) is 9.59 Å². The molecule has 6 heteroatoms. The summed E-state index contributed by atoms with van der Waals surface area (Å²) in [4.78, 5) is 29.1. The van der Waals surface area contributed by atoms with Crippen LogP contribution in [0.3, 0.4) is 0 Å². The third-order valence-electron chi connectivity index (χ3n) is 5.81. The molecule has 0 aliphatic carbocycles. The topological polar surface area (TPSA) is 61.9 Å². The molecule has 0 atom stereocenters. The molecule has 33 heavy (non-hydrogen) atoms. The van der Waals surface area contributed by atoms with Crippen LogP contribution in [0.15, 0.2) is 78.9 Å². The zero-order chi connectivity index (χ0) is 23.0. The molecule has 3 aromatic carbocycles. The first-order valence-corrected chi connectivity index (χ1v) is 11.3. The van der Waals surface area contributed by atoms with Gasteiger partial charge in [-0.1, -0.05) is 37.3 Å². The lowest BCUT2D eigenvalue weighted by molar-refractivity contribution is -0.118. The molecule has 1 heterocycles. The summed E-state index contributed by atoms with van der Waals surface area (Å²) < 4.78 is 5.48. The maximum atomic E-state index is 12.8. The average Bonchev–Trinajstić information content (AvgIpc) is 2.88. The van der Waals surface area contributed by atoms with Crippen molar-refractivity contribution in [1.29, 1.82) is 0 Å². The number of para-hydroxylation sites is 1. The van der Waals surface area contributed by atoms with Gasteiger partial charge in [0.2, 0.25) is 0 Å². The Balaban J connectivity index is 1.25. The Morgan fingerprint density at radius 2 is 1.52 bits per heavy atom. The molecular weight excluding hydrogens is 414 g/mol. The van der Waals surface area contributed by atoms with Crippen molar-refractivity contribution in [2.75, 3.05) is 43.0 Å². The predicted octanol–water partition coefficient (Wildman–Crippen LogP) is 4.23. The average molecular weight is 444 g/mol. The van der Waals surface area contributed by atoms with E-state index >= 15 is 0 Å². The Bertz CT molecular complexity index is 1060. The molecule has 0 unspecified atom stereocenters. The number of anilines is 2. The molecule has 0 radical (unpaired) electrons. The van der Waals surface area contributed by atoms with Crippen LogP contribution in [0, 0.1) is 0 Å². The zero-order valence-corrected chi connectivity index (χ0v) is 18.9. The summed E-state index contributed by atoms with van der Waals surface area (Å²) >= 11 is 0. The second-order valence-electron chi connectivity index (χ2n) is 8.03. The van der Waals surface area contributed by atoms with E-state index in [2.05, 4.69) is 17.1 Å². The van der Waals surface area contributed by atoms with Gasteiger partial charge in [0.1, 0.15) is 5.75 Å². The Morgan fingerprint density at radius 1 is 0.848 bits per heavy atom. The first kappa shape index (κ1) is 22.4. The molecule has 1 aliphatic heterocycles. The smallest absolute Gasteiger partial charge is 0.262 e. The van der Waals surface area contributed by atoms with Crippen LogP contribution in [-0.4, -0.2) is 49.5 Å². The number of rotatable bonds is 7. The van der Waals surface area contributed by atoms with Gasteiger partial charge in [-0.2, -0.15) is 0 Å². The van der Waals surface area contributed by atoms with Crippen molar-refractivity contribution in [3.8, 4) is 5.75 Å². The van der Waals surface area contributed by atoms with Crippen molar-refractivity contribution >= 4 is 23.2 Å². The van der Waals surface area contributed by atoms with E-state index in [0.29, 0.717) is 18.8 Å². The van der Waals surface area contributed by atoms with E-state index in [0.717, 1.165) is 36.4 Å². The molecule has 0 saturated carbocycles. The fourth-order valence-corrected chi connectivity index (χ4v) is 3.85. The summed E-state index contributed by atoms with van der Waals surface area (Å²) in [6.45, 7) is 4.98. The summed E-state index contributed by atoms with van der Waals surface area (Å²) in [6.07, 6.45) is 0.969. The summed E-state index contributed by atoms with van der Waals surface area (Å²) in [5.41, 5.74) is 3.79. The lowest BCUT2D eigenvalue weighted by Crippen LogP contribution is -2.48. The molecular formula is C27H29N3O3. The number of ether oxygens (including phenoxy) is 1.